The molecule has 45 heavy (non-hydrogen) atoms. The standard InChI is InChI=1S/C35H28N6O4/c1-21-13-14-22(19-29(21)37-30-20-31(42)23-7-2-3-8-24(23)32(30)43)34(44)40-15-17-41(18-16-40)35(45)28-12-6-11-27(36-28)33-38-25-9-4-5-10-26(25)39-33/h2-14,19-20,37H,15-18H2,1H3,(H,38,39). The average Bonchev–Trinajstić information content (AvgIpc) is 3.52. The van der Waals surface area contributed by atoms with Gasteiger partial charge >= 0.3 is 0 Å². The number of aromatic amines is 1. The maximum Gasteiger partial charge on any atom is 0.272 e. The molecule has 2 aliphatic rings. The normalized spacial score (nSPS) is 14.7. The minimum Gasteiger partial charge on any atom is -0.352 e. The minimum absolute atomic E-state index is 0.163. The van der Waals surface area contributed by atoms with Crippen LogP contribution in [0, 0.1) is 6.92 Å². The molecule has 0 spiro atoms. The molecule has 0 atom stereocenters. The van der Waals surface area contributed by atoms with E-state index < -0.39 is 0 Å². The number of anilines is 1. The van der Waals surface area contributed by atoms with Crippen molar-refractivity contribution < 1.29 is 19.2 Å². The fourth-order valence-electron chi connectivity index (χ4n) is 5.66. The van der Waals surface area contributed by atoms with Crippen LogP contribution >= 0.6 is 0 Å². The molecule has 1 aliphatic carbocycles. The van der Waals surface area contributed by atoms with Crippen molar-refractivity contribution in [3.05, 3.63) is 125 Å². The number of fused-ring (bicyclic) bond motifs is 2. The van der Waals surface area contributed by atoms with Crippen molar-refractivity contribution in [1.82, 2.24) is 24.8 Å². The summed E-state index contributed by atoms with van der Waals surface area (Å²) in [6.45, 7) is 3.31. The lowest BCUT2D eigenvalue weighted by molar-refractivity contribution is 0.0532. The highest BCUT2D eigenvalue weighted by atomic mass is 16.2. The second-order valence-electron chi connectivity index (χ2n) is 11.0. The Hall–Kier alpha value is -5.90. The Balaban J connectivity index is 1.02. The number of nitrogens with one attached hydrogen (secondary N) is 2. The average molecular weight is 597 g/mol. The number of para-hydroxylation sites is 2. The van der Waals surface area contributed by atoms with Crippen molar-refractivity contribution in [2.45, 2.75) is 6.92 Å². The molecule has 2 aromatic heterocycles. The van der Waals surface area contributed by atoms with E-state index in [4.69, 9.17) is 0 Å². The first kappa shape index (κ1) is 27.9. The van der Waals surface area contributed by atoms with E-state index in [1.165, 1.54) is 6.08 Å². The highest BCUT2D eigenvalue weighted by Crippen LogP contribution is 2.26. The van der Waals surface area contributed by atoms with Crippen molar-refractivity contribution in [3.8, 4) is 11.5 Å². The van der Waals surface area contributed by atoms with Gasteiger partial charge < -0.3 is 20.1 Å². The van der Waals surface area contributed by atoms with Crippen LogP contribution in [0.25, 0.3) is 22.6 Å². The van der Waals surface area contributed by atoms with Gasteiger partial charge in [-0.15, -0.1) is 0 Å². The summed E-state index contributed by atoms with van der Waals surface area (Å²) in [5, 5.41) is 3.09. The van der Waals surface area contributed by atoms with E-state index >= 15 is 0 Å². The number of ketones is 2. The summed E-state index contributed by atoms with van der Waals surface area (Å²) in [7, 11) is 0. The van der Waals surface area contributed by atoms with Gasteiger partial charge in [-0.3, -0.25) is 19.2 Å². The first-order valence-corrected chi connectivity index (χ1v) is 14.6. The van der Waals surface area contributed by atoms with E-state index in [1.54, 1.807) is 64.4 Å². The number of hydrogen-bond donors (Lipinski definition) is 2. The maximum absolute atomic E-state index is 13.5. The third-order valence-electron chi connectivity index (χ3n) is 8.17. The Morgan fingerprint density at radius 2 is 1.49 bits per heavy atom. The molecule has 5 aromatic rings. The molecule has 1 aliphatic heterocycles. The molecule has 3 aromatic carbocycles. The van der Waals surface area contributed by atoms with Gasteiger partial charge in [0.1, 0.15) is 11.4 Å². The van der Waals surface area contributed by atoms with Crippen LogP contribution in [-0.4, -0.2) is 74.3 Å². The van der Waals surface area contributed by atoms with Gasteiger partial charge in [-0.25, -0.2) is 9.97 Å². The van der Waals surface area contributed by atoms with Crippen LogP contribution in [-0.2, 0) is 0 Å². The molecule has 1 fully saturated rings. The number of benzene rings is 3. The number of nitrogens with zero attached hydrogens (tertiary/aromatic N) is 4. The number of piperazine rings is 1. The number of H-pyrrole nitrogens is 1. The van der Waals surface area contributed by atoms with Crippen LogP contribution < -0.4 is 5.32 Å². The summed E-state index contributed by atoms with van der Waals surface area (Å²) in [5.41, 5.74) is 5.32. The van der Waals surface area contributed by atoms with Crippen LogP contribution in [0.2, 0.25) is 0 Å². The predicted molar refractivity (Wildman–Crippen MR) is 169 cm³/mol. The van der Waals surface area contributed by atoms with Crippen molar-refractivity contribution in [2.24, 2.45) is 0 Å². The molecule has 0 saturated carbocycles. The van der Waals surface area contributed by atoms with Crippen molar-refractivity contribution >= 4 is 40.1 Å². The summed E-state index contributed by atoms with van der Waals surface area (Å²) < 4.78 is 0. The van der Waals surface area contributed by atoms with Crippen LogP contribution in [0.3, 0.4) is 0 Å². The first-order chi connectivity index (χ1) is 21.9. The van der Waals surface area contributed by atoms with Gasteiger partial charge in [-0.1, -0.05) is 48.5 Å². The lowest BCUT2D eigenvalue weighted by atomic mass is 9.92. The van der Waals surface area contributed by atoms with Gasteiger partial charge in [-0.05, 0) is 48.9 Å². The number of allylic oxidation sites excluding steroid dienone is 2. The number of aromatic nitrogens is 3. The number of aryl methyl sites for hydroxylation is 1. The zero-order valence-electron chi connectivity index (χ0n) is 24.4. The molecule has 1 saturated heterocycles. The lowest BCUT2D eigenvalue weighted by Gasteiger charge is -2.34. The smallest absolute Gasteiger partial charge is 0.272 e. The van der Waals surface area contributed by atoms with Gasteiger partial charge in [0.2, 0.25) is 5.78 Å². The van der Waals surface area contributed by atoms with Gasteiger partial charge in [0, 0.05) is 54.6 Å². The maximum atomic E-state index is 13.5. The molecule has 3 heterocycles. The summed E-state index contributed by atoms with van der Waals surface area (Å²) in [4.78, 5) is 68.4. The lowest BCUT2D eigenvalue weighted by Crippen LogP contribution is -2.50. The molecule has 222 valence electrons. The van der Waals surface area contributed by atoms with E-state index in [1.807, 2.05) is 37.3 Å². The quantitative estimate of drug-likeness (QED) is 0.295. The number of hydrogen-bond acceptors (Lipinski definition) is 7. The minimum atomic E-state index is -0.278. The number of amides is 2. The van der Waals surface area contributed by atoms with E-state index in [0.29, 0.717) is 65.8 Å². The van der Waals surface area contributed by atoms with Gasteiger partial charge in [-0.2, -0.15) is 0 Å². The van der Waals surface area contributed by atoms with Gasteiger partial charge in [0.05, 0.1) is 16.7 Å². The molecule has 10 heteroatoms. The van der Waals surface area contributed by atoms with E-state index in [-0.39, 0.29) is 29.1 Å². The highest BCUT2D eigenvalue weighted by molar-refractivity contribution is 6.25. The monoisotopic (exact) mass is 596 g/mol. The molecule has 7 rings (SSSR count). The number of rotatable bonds is 5. The van der Waals surface area contributed by atoms with Crippen molar-refractivity contribution in [1.29, 1.82) is 0 Å². The number of Topliss-reactive ketones (excluding diaryl/α,β-unsaturated/α-hetero) is 1. The van der Waals surface area contributed by atoms with Crippen LogP contribution in [0.5, 0.6) is 0 Å². The second kappa shape index (κ2) is 11.3. The van der Waals surface area contributed by atoms with E-state index in [2.05, 4.69) is 20.3 Å². The zero-order chi connectivity index (χ0) is 31.1. The Labute approximate surface area is 258 Å². The molecule has 10 nitrogen and oxygen atoms in total. The topological polar surface area (TPSA) is 128 Å². The molecule has 2 N–H and O–H groups in total. The number of carbonyl (C=O) groups excluding carboxylic acids is 4. The van der Waals surface area contributed by atoms with E-state index in [9.17, 15) is 19.2 Å². The molecule has 0 radical (unpaired) electrons. The highest BCUT2D eigenvalue weighted by Gasteiger charge is 2.28. The summed E-state index contributed by atoms with van der Waals surface area (Å²) in [6, 6.07) is 24.9. The van der Waals surface area contributed by atoms with Gasteiger partial charge in [0.15, 0.2) is 11.6 Å². The van der Waals surface area contributed by atoms with Crippen molar-refractivity contribution in [3.63, 3.8) is 0 Å². The fraction of sp³-hybridized carbons (Fsp3) is 0.143. The SMILES string of the molecule is Cc1ccc(C(=O)N2CCN(C(=O)c3cccc(-c4nc5ccccc5[nH]4)n3)CC2)cc1NC1=CC(=O)c2ccccc2C1=O. The third-order valence-corrected chi connectivity index (χ3v) is 8.17. The molecular weight excluding hydrogens is 568 g/mol. The Morgan fingerprint density at radius 3 is 2.27 bits per heavy atom. The summed E-state index contributed by atoms with van der Waals surface area (Å²) in [5.74, 6) is -0.320. The summed E-state index contributed by atoms with van der Waals surface area (Å²) in [6.07, 6.45) is 1.30. The number of imidazole rings is 1. The Kier molecular flexibility index (Phi) is 7.01. The van der Waals surface area contributed by atoms with Crippen molar-refractivity contribution in [2.75, 3.05) is 31.5 Å². The van der Waals surface area contributed by atoms with Crippen LogP contribution in [0.15, 0.2) is 96.7 Å². The predicted octanol–water partition coefficient (Wildman–Crippen LogP) is 4.91. The third kappa shape index (κ3) is 5.27. The van der Waals surface area contributed by atoms with Crippen LogP contribution in [0.1, 0.15) is 47.1 Å². The number of carbonyl (C=O) groups is 4. The molecule has 0 unspecified atom stereocenters. The largest absolute Gasteiger partial charge is 0.352 e. The zero-order valence-corrected chi connectivity index (χ0v) is 24.4. The van der Waals surface area contributed by atoms with Crippen LogP contribution in [0.4, 0.5) is 5.69 Å². The Morgan fingerprint density at radius 1 is 0.778 bits per heavy atom. The summed E-state index contributed by atoms with van der Waals surface area (Å²) >= 11 is 0. The number of pyridine rings is 1. The fourth-order valence-corrected chi connectivity index (χ4v) is 5.66. The van der Waals surface area contributed by atoms with E-state index in [0.717, 1.165) is 16.6 Å². The molecular formula is C35H28N6O4. The second-order valence-corrected chi connectivity index (χ2v) is 11.0. The molecule has 2 amide bonds. The van der Waals surface area contributed by atoms with Gasteiger partial charge in [0.25, 0.3) is 11.8 Å². The Bertz CT molecular complexity index is 2020. The molecule has 0 bridgehead atoms. The first-order valence-electron chi connectivity index (χ1n) is 14.6.